The SMILES string of the molecule is COc1ccc(CN(C)c2cc(Nc3cc(COC4CCC4)cc(N4CCOC(C)(C)C4)c3)nc3c2ncn3C(N)=O)c(OC)c1. The van der Waals surface area contributed by atoms with Crippen molar-refractivity contribution in [2.45, 2.75) is 58.0 Å². The van der Waals surface area contributed by atoms with Gasteiger partial charge in [0.25, 0.3) is 0 Å². The lowest BCUT2D eigenvalue weighted by Crippen LogP contribution is -2.48. The smallest absolute Gasteiger partial charge is 0.325 e. The van der Waals surface area contributed by atoms with E-state index in [4.69, 9.17) is 29.7 Å². The monoisotopic (exact) mass is 629 g/mol. The lowest BCUT2D eigenvalue weighted by atomic mass is 9.96. The highest BCUT2D eigenvalue weighted by Gasteiger charge is 2.28. The number of morpholine rings is 1. The van der Waals surface area contributed by atoms with Crippen LogP contribution < -0.4 is 30.3 Å². The van der Waals surface area contributed by atoms with Crippen molar-refractivity contribution in [1.29, 1.82) is 0 Å². The number of rotatable bonds is 11. The summed E-state index contributed by atoms with van der Waals surface area (Å²) in [4.78, 5) is 26.1. The van der Waals surface area contributed by atoms with E-state index in [1.807, 2.05) is 36.2 Å². The first-order valence-corrected chi connectivity index (χ1v) is 15.6. The molecule has 0 spiro atoms. The number of aromatic nitrogens is 3. The minimum absolute atomic E-state index is 0.254. The number of fused-ring (bicyclic) bond motifs is 1. The number of carbonyl (C=O) groups is 1. The molecule has 1 aliphatic carbocycles. The van der Waals surface area contributed by atoms with Gasteiger partial charge in [0.1, 0.15) is 29.2 Å². The minimum Gasteiger partial charge on any atom is -0.497 e. The molecular weight excluding hydrogens is 586 g/mol. The van der Waals surface area contributed by atoms with E-state index in [0.717, 1.165) is 54.1 Å². The average molecular weight is 630 g/mol. The number of methoxy groups -OCH3 is 2. The largest absolute Gasteiger partial charge is 0.497 e. The maximum Gasteiger partial charge on any atom is 0.325 e. The standard InChI is InChI=1S/C34H43N7O5/c1-34(2)20-40(11-12-46-34)25-14-22(19-45-26-7-6-8-26)13-24(15-25)37-30-17-28(31-32(38-30)41(21-36-31)33(35)42)39(3)18-23-9-10-27(43-4)16-29(23)44-5/h9-10,13-17,21,26H,6-8,11-12,18-20H2,1-5H3,(H2,35,42)(H,37,38). The third-order valence-corrected chi connectivity index (χ3v) is 8.61. The van der Waals surface area contributed by atoms with E-state index in [1.54, 1.807) is 14.2 Å². The normalized spacial score (nSPS) is 16.2. The zero-order chi connectivity index (χ0) is 32.4. The van der Waals surface area contributed by atoms with Crippen molar-refractivity contribution >= 4 is 40.1 Å². The van der Waals surface area contributed by atoms with Gasteiger partial charge in [0.2, 0.25) is 0 Å². The number of nitrogens with one attached hydrogen (secondary N) is 1. The Bertz CT molecular complexity index is 1720. The molecule has 244 valence electrons. The van der Waals surface area contributed by atoms with Crippen molar-refractivity contribution in [2.75, 3.05) is 56.1 Å². The van der Waals surface area contributed by atoms with Gasteiger partial charge >= 0.3 is 6.03 Å². The first kappa shape index (κ1) is 31.4. The molecule has 2 fully saturated rings. The van der Waals surface area contributed by atoms with Crippen LogP contribution in [0.1, 0.15) is 44.2 Å². The Kier molecular flexibility index (Phi) is 8.92. The van der Waals surface area contributed by atoms with Crippen LogP contribution in [0.2, 0.25) is 0 Å². The number of ether oxygens (including phenoxy) is 4. The molecule has 4 aromatic rings. The number of pyridine rings is 1. The fraction of sp³-hybridized carbons (Fsp3) is 0.441. The maximum absolute atomic E-state index is 12.3. The van der Waals surface area contributed by atoms with Crippen LogP contribution in [0.4, 0.5) is 27.7 Å². The highest BCUT2D eigenvalue weighted by molar-refractivity contribution is 5.94. The molecule has 2 aromatic carbocycles. The van der Waals surface area contributed by atoms with Crippen molar-refractivity contribution < 1.29 is 23.7 Å². The summed E-state index contributed by atoms with van der Waals surface area (Å²) in [5.41, 5.74) is 11.1. The molecule has 0 unspecified atom stereocenters. The highest BCUT2D eigenvalue weighted by Crippen LogP contribution is 2.34. The second-order valence-electron chi connectivity index (χ2n) is 12.6. The van der Waals surface area contributed by atoms with Crippen LogP contribution in [0.25, 0.3) is 11.2 Å². The summed E-state index contributed by atoms with van der Waals surface area (Å²) in [6, 6.07) is 13.4. The van der Waals surface area contributed by atoms with Gasteiger partial charge in [-0.2, -0.15) is 0 Å². The molecule has 0 radical (unpaired) electrons. The van der Waals surface area contributed by atoms with Crippen molar-refractivity contribution in [3.8, 4) is 11.5 Å². The molecule has 1 saturated heterocycles. The molecule has 12 heteroatoms. The van der Waals surface area contributed by atoms with Crippen LogP contribution in [0.5, 0.6) is 11.5 Å². The zero-order valence-corrected chi connectivity index (χ0v) is 27.2. The van der Waals surface area contributed by atoms with E-state index in [0.29, 0.717) is 54.3 Å². The zero-order valence-electron chi connectivity index (χ0n) is 27.2. The van der Waals surface area contributed by atoms with Gasteiger partial charge in [-0.1, -0.05) is 0 Å². The molecule has 2 aliphatic rings. The van der Waals surface area contributed by atoms with Gasteiger partial charge in [0.15, 0.2) is 5.65 Å². The number of primary amides is 1. The van der Waals surface area contributed by atoms with Crippen molar-refractivity contribution in [3.63, 3.8) is 0 Å². The van der Waals surface area contributed by atoms with Crippen molar-refractivity contribution in [3.05, 3.63) is 59.9 Å². The summed E-state index contributed by atoms with van der Waals surface area (Å²) >= 11 is 0. The predicted octanol–water partition coefficient (Wildman–Crippen LogP) is 5.44. The summed E-state index contributed by atoms with van der Waals surface area (Å²) in [5, 5.41) is 3.52. The highest BCUT2D eigenvalue weighted by atomic mass is 16.5. The Morgan fingerprint density at radius 2 is 1.98 bits per heavy atom. The summed E-state index contributed by atoms with van der Waals surface area (Å²) in [5.74, 6) is 1.96. The molecule has 3 N–H and O–H groups in total. The third kappa shape index (κ3) is 6.82. The van der Waals surface area contributed by atoms with Crippen LogP contribution in [0.3, 0.4) is 0 Å². The number of hydrogen-bond acceptors (Lipinski definition) is 10. The quantitative estimate of drug-likeness (QED) is 0.221. The number of nitrogens with zero attached hydrogens (tertiary/aromatic N) is 5. The summed E-state index contributed by atoms with van der Waals surface area (Å²) in [7, 11) is 5.22. The second-order valence-corrected chi connectivity index (χ2v) is 12.6. The van der Waals surface area contributed by atoms with Crippen molar-refractivity contribution in [2.24, 2.45) is 5.73 Å². The number of anilines is 4. The Balaban J connectivity index is 1.36. The fourth-order valence-electron chi connectivity index (χ4n) is 5.96. The number of hydrogen-bond donors (Lipinski definition) is 2. The van der Waals surface area contributed by atoms with Gasteiger partial charge in [0.05, 0.1) is 44.8 Å². The Labute approximate surface area is 269 Å². The Morgan fingerprint density at radius 1 is 1.15 bits per heavy atom. The number of amides is 1. The topological polar surface area (TPSA) is 129 Å². The number of benzene rings is 2. The van der Waals surface area contributed by atoms with Crippen LogP contribution >= 0.6 is 0 Å². The second kappa shape index (κ2) is 13.1. The lowest BCUT2D eigenvalue weighted by molar-refractivity contribution is -0.0277. The van der Waals surface area contributed by atoms with Crippen LogP contribution in [-0.2, 0) is 22.6 Å². The van der Waals surface area contributed by atoms with Gasteiger partial charge in [-0.3, -0.25) is 0 Å². The third-order valence-electron chi connectivity index (χ3n) is 8.61. The first-order chi connectivity index (χ1) is 22.1. The molecule has 6 rings (SSSR count). The number of nitrogens with two attached hydrogens (primary N) is 1. The van der Waals surface area contributed by atoms with E-state index in [-0.39, 0.29) is 5.60 Å². The van der Waals surface area contributed by atoms with Crippen LogP contribution in [0.15, 0.2) is 48.8 Å². The van der Waals surface area contributed by atoms with Gasteiger partial charge in [-0.05, 0) is 69.0 Å². The summed E-state index contributed by atoms with van der Waals surface area (Å²) < 4.78 is 24.5. The van der Waals surface area contributed by atoms with Gasteiger partial charge in [0, 0.05) is 55.8 Å². The molecule has 1 aliphatic heterocycles. The van der Waals surface area contributed by atoms with Crippen LogP contribution in [0, 0.1) is 0 Å². The average Bonchev–Trinajstić information content (AvgIpc) is 3.44. The maximum atomic E-state index is 12.3. The Morgan fingerprint density at radius 3 is 2.67 bits per heavy atom. The molecule has 1 amide bonds. The molecule has 2 aromatic heterocycles. The molecule has 3 heterocycles. The molecular formula is C34H43N7O5. The fourth-order valence-corrected chi connectivity index (χ4v) is 5.96. The van der Waals surface area contributed by atoms with E-state index in [1.165, 1.54) is 17.3 Å². The molecule has 1 saturated carbocycles. The van der Waals surface area contributed by atoms with Gasteiger partial charge in [-0.25, -0.2) is 19.3 Å². The molecule has 0 atom stereocenters. The minimum atomic E-state index is -0.662. The van der Waals surface area contributed by atoms with E-state index in [2.05, 4.69) is 47.2 Å². The van der Waals surface area contributed by atoms with E-state index < -0.39 is 6.03 Å². The van der Waals surface area contributed by atoms with Crippen molar-refractivity contribution in [1.82, 2.24) is 14.5 Å². The summed E-state index contributed by atoms with van der Waals surface area (Å²) in [6.07, 6.45) is 5.17. The van der Waals surface area contributed by atoms with Gasteiger partial charge in [-0.15, -0.1) is 0 Å². The van der Waals surface area contributed by atoms with E-state index >= 15 is 0 Å². The molecule has 46 heavy (non-hydrogen) atoms. The molecule has 0 bridgehead atoms. The van der Waals surface area contributed by atoms with E-state index in [9.17, 15) is 4.79 Å². The number of carbonyl (C=O) groups excluding carboxylic acids is 1. The Hall–Kier alpha value is -4.55. The van der Waals surface area contributed by atoms with Crippen LogP contribution in [-0.4, -0.2) is 73.2 Å². The van der Waals surface area contributed by atoms with Gasteiger partial charge < -0.3 is 39.8 Å². The molecule has 12 nitrogen and oxygen atoms in total. The summed E-state index contributed by atoms with van der Waals surface area (Å²) in [6.45, 7) is 7.47. The first-order valence-electron chi connectivity index (χ1n) is 15.6. The number of imidazole rings is 1. The lowest BCUT2D eigenvalue weighted by Gasteiger charge is -2.39. The predicted molar refractivity (Wildman–Crippen MR) is 179 cm³/mol.